The molecule has 0 atom stereocenters. The lowest BCUT2D eigenvalue weighted by Gasteiger charge is -2.10. The number of ether oxygens (including phenoxy) is 1. The van der Waals surface area contributed by atoms with E-state index < -0.39 is 0 Å². The molecule has 0 saturated carbocycles. The number of rotatable bonds is 4. The molecule has 90 valence electrons. The molecule has 2 rings (SSSR count). The summed E-state index contributed by atoms with van der Waals surface area (Å²) in [7, 11) is 0. The van der Waals surface area contributed by atoms with Crippen LogP contribution in [0.4, 0.5) is 4.39 Å². The first kappa shape index (κ1) is 12.5. The van der Waals surface area contributed by atoms with Crippen LogP contribution < -0.4 is 10.5 Å². The Labute approximate surface area is 111 Å². The molecule has 0 radical (unpaired) electrons. The highest BCUT2D eigenvalue weighted by Gasteiger charge is 2.09. The lowest BCUT2D eigenvalue weighted by Crippen LogP contribution is -2.03. The number of thiophene rings is 1. The van der Waals surface area contributed by atoms with Gasteiger partial charge in [-0.25, -0.2) is 4.39 Å². The average Bonchev–Trinajstić information content (AvgIpc) is 2.73. The minimum absolute atomic E-state index is 0.250. The van der Waals surface area contributed by atoms with Crippen molar-refractivity contribution >= 4 is 27.3 Å². The predicted molar refractivity (Wildman–Crippen MR) is 70.6 cm³/mol. The van der Waals surface area contributed by atoms with Crippen LogP contribution in [0, 0.1) is 5.82 Å². The van der Waals surface area contributed by atoms with Crippen molar-refractivity contribution in [3.8, 4) is 5.75 Å². The summed E-state index contributed by atoms with van der Waals surface area (Å²) in [6, 6.07) is 6.72. The summed E-state index contributed by atoms with van der Waals surface area (Å²) in [5.74, 6) is -0.122. The van der Waals surface area contributed by atoms with E-state index in [2.05, 4.69) is 15.9 Å². The third-order valence-corrected chi connectivity index (χ3v) is 3.92. The quantitative estimate of drug-likeness (QED) is 0.934. The Morgan fingerprint density at radius 2 is 2.24 bits per heavy atom. The third-order valence-electron chi connectivity index (χ3n) is 2.25. The van der Waals surface area contributed by atoms with Crippen molar-refractivity contribution in [3.63, 3.8) is 0 Å². The maximum atomic E-state index is 13.6. The van der Waals surface area contributed by atoms with Gasteiger partial charge in [0.15, 0.2) is 11.6 Å². The Bertz CT molecular complexity index is 515. The topological polar surface area (TPSA) is 35.2 Å². The van der Waals surface area contributed by atoms with E-state index in [0.29, 0.717) is 12.2 Å². The molecule has 2 nitrogen and oxygen atoms in total. The van der Waals surface area contributed by atoms with Crippen LogP contribution >= 0.6 is 27.3 Å². The van der Waals surface area contributed by atoms with Gasteiger partial charge in [0, 0.05) is 26.8 Å². The smallest absolute Gasteiger partial charge is 0.165 e. The van der Waals surface area contributed by atoms with E-state index in [-0.39, 0.29) is 18.1 Å². The molecule has 0 aliphatic rings. The predicted octanol–water partition coefficient (Wildman–Crippen LogP) is 3.69. The summed E-state index contributed by atoms with van der Waals surface area (Å²) in [4.78, 5) is 1.03. The molecule has 2 aromatic rings. The lowest BCUT2D eigenvalue weighted by atomic mass is 10.2. The third kappa shape index (κ3) is 3.06. The normalized spacial score (nSPS) is 10.5. The standard InChI is InChI=1S/C12H11BrFNOS/c13-9-4-10(17-7-9)6-16-12-8(5-15)2-1-3-11(12)14/h1-4,7H,5-6,15H2. The van der Waals surface area contributed by atoms with Crippen LogP contribution in [0.25, 0.3) is 0 Å². The van der Waals surface area contributed by atoms with Gasteiger partial charge in [-0.3, -0.25) is 0 Å². The molecule has 0 aliphatic heterocycles. The summed E-state index contributed by atoms with van der Waals surface area (Å²) < 4.78 is 20.1. The highest BCUT2D eigenvalue weighted by atomic mass is 79.9. The number of halogens is 2. The Kier molecular flexibility index (Phi) is 4.15. The molecule has 0 aliphatic carbocycles. The molecule has 17 heavy (non-hydrogen) atoms. The van der Waals surface area contributed by atoms with E-state index in [4.69, 9.17) is 10.5 Å². The number of nitrogens with two attached hydrogens (primary N) is 1. The van der Waals surface area contributed by atoms with Gasteiger partial charge in [-0.15, -0.1) is 11.3 Å². The Hall–Kier alpha value is -0.910. The first-order valence-corrected chi connectivity index (χ1v) is 6.71. The molecule has 0 bridgehead atoms. The molecular weight excluding hydrogens is 305 g/mol. The summed E-state index contributed by atoms with van der Waals surface area (Å²) in [5.41, 5.74) is 6.22. The van der Waals surface area contributed by atoms with E-state index in [1.807, 2.05) is 11.4 Å². The maximum absolute atomic E-state index is 13.6. The molecular formula is C12H11BrFNOS. The van der Waals surface area contributed by atoms with Crippen LogP contribution in [0.2, 0.25) is 0 Å². The molecule has 0 fully saturated rings. The summed E-state index contributed by atoms with van der Waals surface area (Å²) in [5, 5.41) is 1.96. The number of benzene rings is 1. The molecule has 2 N–H and O–H groups in total. The van der Waals surface area contributed by atoms with Gasteiger partial charge < -0.3 is 10.5 Å². The van der Waals surface area contributed by atoms with Crippen molar-refractivity contribution in [2.45, 2.75) is 13.2 Å². The fourth-order valence-electron chi connectivity index (χ4n) is 1.45. The second-order valence-electron chi connectivity index (χ2n) is 3.45. The number of hydrogen-bond donors (Lipinski definition) is 1. The van der Waals surface area contributed by atoms with Crippen molar-refractivity contribution in [2.24, 2.45) is 5.73 Å². The Morgan fingerprint density at radius 3 is 2.88 bits per heavy atom. The minimum Gasteiger partial charge on any atom is -0.485 e. The summed E-state index contributed by atoms with van der Waals surface area (Å²) >= 11 is 4.92. The van der Waals surface area contributed by atoms with Crippen molar-refractivity contribution < 1.29 is 9.13 Å². The molecule has 1 heterocycles. The minimum atomic E-state index is -0.372. The second kappa shape index (κ2) is 5.62. The van der Waals surface area contributed by atoms with E-state index in [9.17, 15) is 4.39 Å². The van der Waals surface area contributed by atoms with E-state index >= 15 is 0 Å². The maximum Gasteiger partial charge on any atom is 0.165 e. The van der Waals surface area contributed by atoms with Crippen LogP contribution in [0.1, 0.15) is 10.4 Å². The van der Waals surface area contributed by atoms with Gasteiger partial charge in [0.2, 0.25) is 0 Å². The Morgan fingerprint density at radius 1 is 1.41 bits per heavy atom. The van der Waals surface area contributed by atoms with Crippen molar-refractivity contribution in [3.05, 3.63) is 50.4 Å². The molecule has 5 heteroatoms. The monoisotopic (exact) mass is 315 g/mol. The van der Waals surface area contributed by atoms with E-state index in [0.717, 1.165) is 9.35 Å². The van der Waals surface area contributed by atoms with Gasteiger partial charge in [-0.1, -0.05) is 12.1 Å². The van der Waals surface area contributed by atoms with Crippen molar-refractivity contribution in [1.82, 2.24) is 0 Å². The molecule has 0 spiro atoms. The lowest BCUT2D eigenvalue weighted by molar-refractivity contribution is 0.290. The van der Waals surface area contributed by atoms with Crippen molar-refractivity contribution in [2.75, 3.05) is 0 Å². The van der Waals surface area contributed by atoms with Crippen LogP contribution in [0.15, 0.2) is 34.1 Å². The molecule has 0 unspecified atom stereocenters. The number of para-hydroxylation sites is 1. The molecule has 0 saturated heterocycles. The highest BCUT2D eigenvalue weighted by molar-refractivity contribution is 9.10. The molecule has 1 aromatic carbocycles. The highest BCUT2D eigenvalue weighted by Crippen LogP contribution is 2.25. The summed E-state index contributed by atoms with van der Waals surface area (Å²) in [6.07, 6.45) is 0. The van der Waals surface area contributed by atoms with Gasteiger partial charge in [0.25, 0.3) is 0 Å². The zero-order valence-electron chi connectivity index (χ0n) is 8.95. The van der Waals surface area contributed by atoms with Crippen LogP contribution in [0.5, 0.6) is 5.75 Å². The first-order chi connectivity index (χ1) is 8.20. The van der Waals surface area contributed by atoms with E-state index in [1.165, 1.54) is 6.07 Å². The fourth-order valence-corrected chi connectivity index (χ4v) is 2.81. The van der Waals surface area contributed by atoms with Gasteiger partial charge in [0.1, 0.15) is 6.61 Å². The SMILES string of the molecule is NCc1cccc(F)c1OCc1cc(Br)cs1. The van der Waals surface area contributed by atoms with Gasteiger partial charge in [-0.05, 0) is 28.1 Å². The van der Waals surface area contributed by atoms with Crippen LogP contribution in [0.3, 0.4) is 0 Å². The first-order valence-electron chi connectivity index (χ1n) is 5.04. The second-order valence-corrected chi connectivity index (χ2v) is 5.36. The summed E-state index contributed by atoms with van der Waals surface area (Å²) in [6.45, 7) is 0.616. The average molecular weight is 316 g/mol. The van der Waals surface area contributed by atoms with Gasteiger partial charge >= 0.3 is 0 Å². The zero-order chi connectivity index (χ0) is 12.3. The Balaban J connectivity index is 2.13. The van der Waals surface area contributed by atoms with Crippen molar-refractivity contribution in [1.29, 1.82) is 0 Å². The molecule has 0 amide bonds. The fraction of sp³-hybridized carbons (Fsp3) is 0.167. The van der Waals surface area contributed by atoms with Gasteiger partial charge in [0.05, 0.1) is 0 Å². The van der Waals surface area contributed by atoms with Crippen LogP contribution in [-0.2, 0) is 13.2 Å². The largest absolute Gasteiger partial charge is 0.485 e. The van der Waals surface area contributed by atoms with Gasteiger partial charge in [-0.2, -0.15) is 0 Å². The molecule has 1 aromatic heterocycles. The van der Waals surface area contributed by atoms with E-state index in [1.54, 1.807) is 23.5 Å². The number of hydrogen-bond acceptors (Lipinski definition) is 3. The zero-order valence-corrected chi connectivity index (χ0v) is 11.4. The van der Waals surface area contributed by atoms with Crippen LogP contribution in [-0.4, -0.2) is 0 Å².